The molecule has 1 amide bonds. The van der Waals surface area contributed by atoms with Crippen molar-refractivity contribution in [2.75, 3.05) is 13.1 Å². The summed E-state index contributed by atoms with van der Waals surface area (Å²) in [7, 11) is 0. The second kappa shape index (κ2) is 8.44. The molecule has 1 aromatic heterocycles. The van der Waals surface area contributed by atoms with Crippen LogP contribution in [0.1, 0.15) is 51.3 Å². The van der Waals surface area contributed by atoms with Gasteiger partial charge in [0, 0.05) is 30.6 Å². The van der Waals surface area contributed by atoms with Crippen molar-refractivity contribution in [3.8, 4) is 11.4 Å². The molecule has 0 radical (unpaired) electrons. The fraction of sp³-hybridized carbons (Fsp3) is 0.522. The lowest BCUT2D eigenvalue weighted by Gasteiger charge is -2.32. The number of carbonyl (C=O) groups is 1. The van der Waals surface area contributed by atoms with Crippen LogP contribution >= 0.6 is 11.8 Å². The molecular weight excluding hydrogens is 382 g/mol. The van der Waals surface area contributed by atoms with E-state index in [1.807, 2.05) is 42.2 Å². The van der Waals surface area contributed by atoms with Gasteiger partial charge in [0.25, 0.3) is 0 Å². The van der Waals surface area contributed by atoms with E-state index in [4.69, 9.17) is 14.7 Å². The molecule has 1 atom stereocenters. The van der Waals surface area contributed by atoms with E-state index in [2.05, 4.69) is 13.8 Å². The first kappa shape index (κ1) is 20.4. The maximum Gasteiger partial charge on any atom is 0.235 e. The number of ether oxygens (including phenoxy) is 1. The van der Waals surface area contributed by atoms with Crippen LogP contribution in [0.4, 0.5) is 0 Å². The number of aromatic nitrogens is 2. The van der Waals surface area contributed by atoms with Crippen LogP contribution in [0.25, 0.3) is 11.4 Å². The Morgan fingerprint density at radius 3 is 2.59 bits per heavy atom. The molecule has 5 nitrogen and oxygen atoms in total. The summed E-state index contributed by atoms with van der Waals surface area (Å²) in [6, 6.07) is 10.1. The van der Waals surface area contributed by atoms with Gasteiger partial charge in [-0.1, -0.05) is 42.1 Å². The summed E-state index contributed by atoms with van der Waals surface area (Å²) < 4.78 is 6.05. The normalized spacial score (nSPS) is 19.5. The van der Waals surface area contributed by atoms with Crippen molar-refractivity contribution in [1.82, 2.24) is 14.9 Å². The Morgan fingerprint density at radius 1 is 1.14 bits per heavy atom. The Balaban J connectivity index is 1.65. The van der Waals surface area contributed by atoms with Crippen molar-refractivity contribution in [2.45, 2.75) is 68.9 Å². The second-order valence-corrected chi connectivity index (χ2v) is 9.84. The molecule has 4 rings (SSSR count). The average Bonchev–Trinajstić information content (AvgIpc) is 2.73. The third-order valence-electron chi connectivity index (χ3n) is 5.59. The van der Waals surface area contributed by atoms with Crippen LogP contribution in [0.15, 0.2) is 35.4 Å². The molecule has 1 unspecified atom stereocenters. The first-order valence-electron chi connectivity index (χ1n) is 10.5. The zero-order valence-electron chi connectivity index (χ0n) is 17.5. The van der Waals surface area contributed by atoms with Gasteiger partial charge in [-0.3, -0.25) is 4.79 Å². The quantitative estimate of drug-likeness (QED) is 0.548. The van der Waals surface area contributed by atoms with Gasteiger partial charge in [0.15, 0.2) is 5.82 Å². The van der Waals surface area contributed by atoms with Gasteiger partial charge >= 0.3 is 0 Å². The fourth-order valence-corrected chi connectivity index (χ4v) is 4.97. The van der Waals surface area contributed by atoms with Gasteiger partial charge in [0.1, 0.15) is 5.03 Å². The highest BCUT2D eigenvalue weighted by Crippen LogP contribution is 2.36. The number of amides is 1. The molecule has 2 aliphatic rings. The van der Waals surface area contributed by atoms with E-state index in [0.717, 1.165) is 60.0 Å². The minimum atomic E-state index is -0.244. The molecule has 0 bridgehead atoms. The van der Waals surface area contributed by atoms with E-state index in [1.165, 1.54) is 6.42 Å². The first-order valence-corrected chi connectivity index (χ1v) is 11.4. The van der Waals surface area contributed by atoms with E-state index in [9.17, 15) is 4.79 Å². The number of hydrogen-bond donors (Lipinski definition) is 0. The molecule has 0 saturated carbocycles. The van der Waals surface area contributed by atoms with Crippen LogP contribution in [0.2, 0.25) is 0 Å². The van der Waals surface area contributed by atoms with Crippen LogP contribution < -0.4 is 0 Å². The van der Waals surface area contributed by atoms with Gasteiger partial charge in [-0.2, -0.15) is 0 Å². The summed E-state index contributed by atoms with van der Waals surface area (Å²) in [6.45, 7) is 8.41. The Hall–Kier alpha value is -1.92. The zero-order valence-corrected chi connectivity index (χ0v) is 18.3. The van der Waals surface area contributed by atoms with Crippen LogP contribution in [-0.4, -0.2) is 44.7 Å². The van der Waals surface area contributed by atoms with Gasteiger partial charge in [-0.25, -0.2) is 9.97 Å². The third kappa shape index (κ3) is 4.64. The van der Waals surface area contributed by atoms with Crippen molar-refractivity contribution < 1.29 is 9.53 Å². The molecule has 2 aromatic rings. The molecule has 6 heteroatoms. The van der Waals surface area contributed by atoms with Crippen molar-refractivity contribution in [3.63, 3.8) is 0 Å². The number of carbonyl (C=O) groups excluding carboxylic acids is 1. The van der Waals surface area contributed by atoms with E-state index in [0.29, 0.717) is 6.61 Å². The van der Waals surface area contributed by atoms with Gasteiger partial charge in [-0.15, -0.1) is 0 Å². The SMILES string of the molecule is CC(Sc1nc(-c2ccccc2)nc2c1COC(C)(C)C2)C(=O)N1CCCCC1. The highest BCUT2D eigenvalue weighted by Gasteiger charge is 2.32. The van der Waals surface area contributed by atoms with Gasteiger partial charge in [-0.05, 0) is 40.0 Å². The smallest absolute Gasteiger partial charge is 0.235 e. The Kier molecular flexibility index (Phi) is 5.93. The molecule has 0 N–H and O–H groups in total. The molecule has 1 aromatic carbocycles. The van der Waals surface area contributed by atoms with Gasteiger partial charge in [0.2, 0.25) is 5.91 Å². The van der Waals surface area contributed by atoms with E-state index >= 15 is 0 Å². The second-order valence-electron chi connectivity index (χ2n) is 8.51. The van der Waals surface area contributed by atoms with Crippen molar-refractivity contribution >= 4 is 17.7 Å². The van der Waals surface area contributed by atoms with Crippen molar-refractivity contribution in [1.29, 1.82) is 0 Å². The summed E-state index contributed by atoms with van der Waals surface area (Å²) in [6.07, 6.45) is 4.17. The maximum absolute atomic E-state index is 13.0. The largest absolute Gasteiger partial charge is 0.370 e. The number of thioether (sulfide) groups is 1. The predicted molar refractivity (Wildman–Crippen MR) is 116 cm³/mol. The number of hydrogen-bond acceptors (Lipinski definition) is 5. The summed E-state index contributed by atoms with van der Waals surface area (Å²) in [4.78, 5) is 24.7. The summed E-state index contributed by atoms with van der Waals surface area (Å²) in [5, 5.41) is 0.702. The molecule has 1 saturated heterocycles. The molecule has 2 aliphatic heterocycles. The number of rotatable bonds is 4. The minimum absolute atomic E-state index is 0.175. The van der Waals surface area contributed by atoms with E-state index in [-0.39, 0.29) is 16.8 Å². The van der Waals surface area contributed by atoms with Gasteiger partial charge in [0.05, 0.1) is 23.2 Å². The predicted octanol–water partition coefficient (Wildman–Crippen LogP) is 4.49. The molecule has 0 spiro atoms. The standard InChI is InChI=1S/C23H29N3O2S/c1-16(22(27)26-12-8-5-9-13-26)29-21-18-15-28-23(2,3)14-19(18)24-20(25-21)17-10-6-4-7-11-17/h4,6-7,10-11,16H,5,8-9,12-15H2,1-3H3. The highest BCUT2D eigenvalue weighted by molar-refractivity contribution is 8.00. The molecule has 154 valence electrons. The number of benzene rings is 1. The first-order chi connectivity index (χ1) is 13.9. The Bertz CT molecular complexity index is 879. The summed E-state index contributed by atoms with van der Waals surface area (Å²) >= 11 is 1.55. The van der Waals surface area contributed by atoms with Crippen LogP contribution in [-0.2, 0) is 22.6 Å². The molecule has 29 heavy (non-hydrogen) atoms. The molecule has 3 heterocycles. The monoisotopic (exact) mass is 411 g/mol. The Morgan fingerprint density at radius 2 is 1.86 bits per heavy atom. The third-order valence-corrected chi connectivity index (χ3v) is 6.71. The van der Waals surface area contributed by atoms with Crippen LogP contribution in [0.3, 0.4) is 0 Å². The van der Waals surface area contributed by atoms with Crippen LogP contribution in [0.5, 0.6) is 0 Å². The summed E-state index contributed by atoms with van der Waals surface area (Å²) in [5.74, 6) is 0.933. The van der Waals surface area contributed by atoms with Crippen molar-refractivity contribution in [2.24, 2.45) is 0 Å². The lowest BCUT2D eigenvalue weighted by Crippen LogP contribution is -2.40. The van der Waals surface area contributed by atoms with Crippen LogP contribution in [0, 0.1) is 0 Å². The van der Waals surface area contributed by atoms with E-state index in [1.54, 1.807) is 11.8 Å². The Labute approximate surface area is 177 Å². The van der Waals surface area contributed by atoms with Crippen molar-refractivity contribution in [3.05, 3.63) is 41.6 Å². The number of nitrogens with zero attached hydrogens (tertiary/aromatic N) is 3. The molecule has 1 fully saturated rings. The average molecular weight is 412 g/mol. The molecular formula is C23H29N3O2S. The summed E-state index contributed by atoms with van der Waals surface area (Å²) in [5.41, 5.74) is 2.82. The minimum Gasteiger partial charge on any atom is -0.370 e. The maximum atomic E-state index is 13.0. The number of likely N-dealkylation sites (tertiary alicyclic amines) is 1. The fourth-order valence-electron chi connectivity index (χ4n) is 3.92. The van der Waals surface area contributed by atoms with Gasteiger partial charge < -0.3 is 9.64 Å². The highest BCUT2D eigenvalue weighted by atomic mass is 32.2. The number of piperidine rings is 1. The topological polar surface area (TPSA) is 55.3 Å². The zero-order chi connectivity index (χ0) is 20.4. The number of fused-ring (bicyclic) bond motifs is 1. The lowest BCUT2D eigenvalue weighted by molar-refractivity contribution is -0.131. The molecule has 0 aliphatic carbocycles. The lowest BCUT2D eigenvalue weighted by atomic mass is 9.96. The van der Waals surface area contributed by atoms with E-state index < -0.39 is 0 Å².